The number of carbonyl (C=O) groups is 1. The molecule has 0 radical (unpaired) electrons. The molecule has 7 heteroatoms. The van der Waals surface area contributed by atoms with Crippen LogP contribution in [0.5, 0.6) is 5.75 Å². The molecule has 0 fully saturated rings. The van der Waals surface area contributed by atoms with Gasteiger partial charge in [-0.05, 0) is 23.8 Å². The molecule has 1 aromatic carbocycles. The highest BCUT2D eigenvalue weighted by molar-refractivity contribution is 6.32. The summed E-state index contributed by atoms with van der Waals surface area (Å²) in [6.45, 7) is 1.20. The maximum absolute atomic E-state index is 10.7. The van der Waals surface area contributed by atoms with E-state index in [1.165, 1.54) is 18.2 Å². The number of halogens is 1. The number of rotatable bonds is 6. The number of hydrogen-bond donors (Lipinski definition) is 1. The van der Waals surface area contributed by atoms with Crippen LogP contribution in [0, 0.1) is 10.1 Å². The number of benzene rings is 1. The summed E-state index contributed by atoms with van der Waals surface area (Å²) in [5.41, 5.74) is 0.527. The smallest absolute Gasteiger partial charge is 0.341 e. The Hall–Kier alpha value is -2.08. The summed E-state index contributed by atoms with van der Waals surface area (Å²) < 4.78 is 4.94. The minimum atomic E-state index is -1.10. The Bertz CT molecular complexity index is 527. The summed E-state index contributed by atoms with van der Waals surface area (Å²) in [6, 6.07) is 4.47. The van der Waals surface area contributed by atoms with Gasteiger partial charge in [-0.1, -0.05) is 18.5 Å². The molecular weight excluding hydrogens is 274 g/mol. The summed E-state index contributed by atoms with van der Waals surface area (Å²) in [5.74, 6) is -0.801. The van der Waals surface area contributed by atoms with Gasteiger partial charge in [-0.15, -0.1) is 0 Å². The predicted molar refractivity (Wildman–Crippen MR) is 69.8 cm³/mol. The molecule has 0 spiro atoms. The van der Waals surface area contributed by atoms with Gasteiger partial charge in [0.25, 0.3) is 0 Å². The molecule has 0 aromatic heterocycles. The zero-order chi connectivity index (χ0) is 14.4. The summed E-state index contributed by atoms with van der Waals surface area (Å²) in [7, 11) is 0. The van der Waals surface area contributed by atoms with Crippen molar-refractivity contribution in [2.45, 2.75) is 13.3 Å². The van der Waals surface area contributed by atoms with E-state index in [2.05, 4.69) is 0 Å². The van der Waals surface area contributed by atoms with Crippen molar-refractivity contribution in [3.8, 4) is 5.75 Å². The second kappa shape index (κ2) is 6.75. The predicted octanol–water partition coefficient (Wildman–Crippen LogP) is 2.83. The fourth-order valence-corrected chi connectivity index (χ4v) is 1.55. The van der Waals surface area contributed by atoms with Crippen LogP contribution in [0.1, 0.15) is 18.9 Å². The second-order valence-electron chi connectivity index (χ2n) is 3.61. The van der Waals surface area contributed by atoms with Crippen molar-refractivity contribution in [3.63, 3.8) is 0 Å². The number of nitro groups is 1. The molecule has 0 bridgehead atoms. The minimum Gasteiger partial charge on any atom is -0.482 e. The number of allylic oxidation sites excluding steroid dienone is 1. The van der Waals surface area contributed by atoms with Gasteiger partial charge in [0.15, 0.2) is 6.61 Å². The van der Waals surface area contributed by atoms with Gasteiger partial charge in [0.2, 0.25) is 5.70 Å². The van der Waals surface area contributed by atoms with Gasteiger partial charge in [-0.3, -0.25) is 10.1 Å². The molecule has 0 aliphatic carbocycles. The van der Waals surface area contributed by atoms with Gasteiger partial charge in [-0.2, -0.15) is 0 Å². The Morgan fingerprint density at radius 1 is 1.58 bits per heavy atom. The zero-order valence-corrected chi connectivity index (χ0v) is 10.9. The fourth-order valence-electron chi connectivity index (χ4n) is 1.32. The van der Waals surface area contributed by atoms with Crippen LogP contribution in [0.4, 0.5) is 0 Å². The molecule has 0 heterocycles. The molecule has 0 atom stereocenters. The van der Waals surface area contributed by atoms with Crippen LogP contribution in [0.2, 0.25) is 5.02 Å². The lowest BCUT2D eigenvalue weighted by molar-refractivity contribution is -0.425. The van der Waals surface area contributed by atoms with Crippen molar-refractivity contribution in [2.75, 3.05) is 6.61 Å². The molecule has 1 rings (SSSR count). The lowest BCUT2D eigenvalue weighted by atomic mass is 10.1. The van der Waals surface area contributed by atoms with Gasteiger partial charge in [0.1, 0.15) is 5.75 Å². The largest absolute Gasteiger partial charge is 0.482 e. The van der Waals surface area contributed by atoms with E-state index in [9.17, 15) is 14.9 Å². The van der Waals surface area contributed by atoms with Gasteiger partial charge in [0, 0.05) is 12.5 Å². The third-order valence-corrected chi connectivity index (χ3v) is 2.58. The summed E-state index contributed by atoms with van der Waals surface area (Å²) in [4.78, 5) is 20.6. The molecule has 1 N–H and O–H groups in total. The van der Waals surface area contributed by atoms with Crippen molar-refractivity contribution in [3.05, 3.63) is 44.6 Å². The average molecular weight is 286 g/mol. The quantitative estimate of drug-likeness (QED) is 0.641. The fraction of sp³-hybridized carbons (Fsp3) is 0.250. The molecule has 0 aliphatic heterocycles. The van der Waals surface area contributed by atoms with Crippen LogP contribution < -0.4 is 4.74 Å². The first-order chi connectivity index (χ1) is 8.93. The van der Waals surface area contributed by atoms with E-state index >= 15 is 0 Å². The number of ether oxygens (including phenoxy) is 1. The molecule has 19 heavy (non-hydrogen) atoms. The van der Waals surface area contributed by atoms with E-state index < -0.39 is 17.5 Å². The number of carboxylic acids is 1. The molecule has 0 saturated carbocycles. The van der Waals surface area contributed by atoms with Crippen molar-refractivity contribution >= 4 is 23.6 Å². The SMILES string of the molecule is CCC(=Cc1ccc(OCC(=O)O)cc1Cl)[N+](=O)[O-]. The van der Waals surface area contributed by atoms with Gasteiger partial charge >= 0.3 is 5.97 Å². The van der Waals surface area contributed by atoms with Gasteiger partial charge in [0.05, 0.1) is 9.95 Å². The molecule has 0 amide bonds. The second-order valence-corrected chi connectivity index (χ2v) is 4.02. The zero-order valence-electron chi connectivity index (χ0n) is 10.1. The lowest BCUT2D eigenvalue weighted by Crippen LogP contribution is -2.09. The first-order valence-electron chi connectivity index (χ1n) is 5.43. The standard InChI is InChI=1S/C12H12ClNO5/c1-2-9(14(17)18)5-8-3-4-10(6-11(8)13)19-7-12(15)16/h3-6H,2,7H2,1H3,(H,15,16). The van der Waals surface area contributed by atoms with Crippen LogP contribution in [-0.4, -0.2) is 22.6 Å². The molecule has 102 valence electrons. The Morgan fingerprint density at radius 2 is 2.26 bits per heavy atom. The third kappa shape index (κ3) is 4.59. The van der Waals surface area contributed by atoms with Crippen molar-refractivity contribution in [1.82, 2.24) is 0 Å². The van der Waals surface area contributed by atoms with Crippen LogP contribution in [0.15, 0.2) is 23.9 Å². The molecule has 1 aromatic rings. The average Bonchev–Trinajstić information content (AvgIpc) is 2.34. The monoisotopic (exact) mass is 285 g/mol. The highest BCUT2D eigenvalue weighted by atomic mass is 35.5. The van der Waals surface area contributed by atoms with Crippen LogP contribution in [-0.2, 0) is 4.79 Å². The van der Waals surface area contributed by atoms with E-state index in [1.54, 1.807) is 13.0 Å². The van der Waals surface area contributed by atoms with Crippen LogP contribution in [0.3, 0.4) is 0 Å². The number of aliphatic carboxylic acids is 1. The Kier molecular flexibility index (Phi) is 5.32. The lowest BCUT2D eigenvalue weighted by Gasteiger charge is -2.05. The summed E-state index contributed by atoms with van der Waals surface area (Å²) >= 11 is 5.96. The Morgan fingerprint density at radius 3 is 2.74 bits per heavy atom. The van der Waals surface area contributed by atoms with Crippen molar-refractivity contribution in [1.29, 1.82) is 0 Å². The Balaban J connectivity index is 2.94. The maximum atomic E-state index is 10.7. The van der Waals surface area contributed by atoms with Crippen LogP contribution >= 0.6 is 11.6 Å². The number of hydrogen-bond acceptors (Lipinski definition) is 4. The highest BCUT2D eigenvalue weighted by Gasteiger charge is 2.10. The van der Waals surface area contributed by atoms with Crippen molar-refractivity contribution < 1.29 is 19.6 Å². The normalized spacial score (nSPS) is 11.2. The van der Waals surface area contributed by atoms with E-state index in [-0.39, 0.29) is 17.1 Å². The van der Waals surface area contributed by atoms with E-state index in [0.29, 0.717) is 11.3 Å². The molecule has 0 aliphatic rings. The number of nitrogens with zero attached hydrogens (tertiary/aromatic N) is 1. The van der Waals surface area contributed by atoms with Crippen LogP contribution in [0.25, 0.3) is 6.08 Å². The first-order valence-corrected chi connectivity index (χ1v) is 5.81. The maximum Gasteiger partial charge on any atom is 0.341 e. The van der Waals surface area contributed by atoms with E-state index in [4.69, 9.17) is 21.4 Å². The Labute approximate surface area is 114 Å². The van der Waals surface area contributed by atoms with Crippen molar-refractivity contribution in [2.24, 2.45) is 0 Å². The van der Waals surface area contributed by atoms with Gasteiger partial charge < -0.3 is 9.84 Å². The highest BCUT2D eigenvalue weighted by Crippen LogP contribution is 2.25. The first kappa shape index (κ1) is 15.0. The minimum absolute atomic E-state index is 0.0427. The molecule has 6 nitrogen and oxygen atoms in total. The molecule has 0 unspecified atom stereocenters. The summed E-state index contributed by atoms with van der Waals surface area (Å²) in [6.07, 6.45) is 1.66. The van der Waals surface area contributed by atoms with E-state index in [0.717, 1.165) is 0 Å². The third-order valence-electron chi connectivity index (χ3n) is 2.25. The molecule has 0 saturated heterocycles. The topological polar surface area (TPSA) is 89.7 Å². The summed E-state index contributed by atoms with van der Waals surface area (Å²) in [5, 5.41) is 19.4. The van der Waals surface area contributed by atoms with E-state index in [1.807, 2.05) is 0 Å². The van der Waals surface area contributed by atoms with Gasteiger partial charge in [-0.25, -0.2) is 4.79 Å². The molecular formula is C12H12ClNO5. The number of carboxylic acid groups (broad SMARTS) is 1.